The molecule has 0 fully saturated rings. The number of benzene rings is 2. The molecule has 0 saturated heterocycles. The van der Waals surface area contributed by atoms with Crippen LogP contribution in [0.4, 0.5) is 4.39 Å². The fraction of sp³-hybridized carbons (Fsp3) is 0.235. The molecule has 5 heteroatoms. The number of carbonyl (C=O) groups excluding carboxylic acids is 1. The van der Waals surface area contributed by atoms with E-state index in [0.29, 0.717) is 29.2 Å². The molecule has 0 aliphatic carbocycles. The molecule has 0 N–H and O–H groups in total. The van der Waals surface area contributed by atoms with Crippen molar-refractivity contribution in [1.82, 2.24) is 4.90 Å². The zero-order chi connectivity index (χ0) is 15.9. The first-order valence-electron chi connectivity index (χ1n) is 6.98. The van der Waals surface area contributed by atoms with Gasteiger partial charge in [-0.2, -0.15) is 0 Å². The van der Waals surface area contributed by atoms with Crippen LogP contribution in [0, 0.1) is 12.7 Å². The number of nitrogens with zero attached hydrogens (tertiary/aromatic N) is 1. The van der Waals surface area contributed by atoms with Crippen molar-refractivity contribution in [2.75, 3.05) is 6.54 Å². The fourth-order valence-corrected chi connectivity index (χ4v) is 3.75. The maximum absolute atomic E-state index is 13.3. The summed E-state index contributed by atoms with van der Waals surface area (Å²) in [6.07, 6.45) is 0.777. The highest BCUT2D eigenvalue weighted by Gasteiger charge is 2.26. The van der Waals surface area contributed by atoms with E-state index in [1.807, 2.05) is 6.07 Å². The molecule has 0 radical (unpaired) electrons. The van der Waals surface area contributed by atoms with Crippen molar-refractivity contribution in [1.29, 1.82) is 0 Å². The Morgan fingerprint density at radius 1 is 1.32 bits per heavy atom. The van der Waals surface area contributed by atoms with E-state index in [9.17, 15) is 9.18 Å². The number of amides is 1. The normalized spacial score (nSPS) is 14.2. The van der Waals surface area contributed by atoms with Crippen LogP contribution in [0.1, 0.15) is 27.0 Å². The maximum Gasteiger partial charge on any atom is 0.254 e. The second kappa shape index (κ2) is 6.01. The lowest BCUT2D eigenvalue weighted by Crippen LogP contribution is -2.37. The predicted molar refractivity (Wildman–Crippen MR) is 88.7 cm³/mol. The summed E-state index contributed by atoms with van der Waals surface area (Å²) in [5, 5.41) is 0.540. The van der Waals surface area contributed by atoms with Crippen LogP contribution >= 0.6 is 27.5 Å². The summed E-state index contributed by atoms with van der Waals surface area (Å²) in [5.41, 5.74) is 3.16. The van der Waals surface area contributed by atoms with Gasteiger partial charge in [-0.25, -0.2) is 4.39 Å². The molecular weight excluding hydrogens is 369 g/mol. The summed E-state index contributed by atoms with van der Waals surface area (Å²) in [4.78, 5) is 14.4. The third-order valence-electron chi connectivity index (χ3n) is 3.91. The first kappa shape index (κ1) is 15.5. The Kier molecular flexibility index (Phi) is 4.24. The van der Waals surface area contributed by atoms with Crippen molar-refractivity contribution in [2.45, 2.75) is 19.9 Å². The quantitative estimate of drug-likeness (QED) is 0.734. The Hall–Kier alpha value is -1.39. The lowest BCUT2D eigenvalue weighted by Gasteiger charge is -2.29. The third kappa shape index (κ3) is 2.90. The van der Waals surface area contributed by atoms with Crippen LogP contribution in [0.25, 0.3) is 0 Å². The highest BCUT2D eigenvalue weighted by atomic mass is 79.9. The van der Waals surface area contributed by atoms with Gasteiger partial charge in [0.15, 0.2) is 0 Å². The van der Waals surface area contributed by atoms with Gasteiger partial charge >= 0.3 is 0 Å². The molecule has 1 amide bonds. The van der Waals surface area contributed by atoms with E-state index >= 15 is 0 Å². The van der Waals surface area contributed by atoms with Crippen molar-refractivity contribution < 1.29 is 9.18 Å². The molecule has 0 spiro atoms. The second-order valence-corrected chi connectivity index (χ2v) is 6.76. The van der Waals surface area contributed by atoms with Crippen molar-refractivity contribution >= 4 is 33.4 Å². The topological polar surface area (TPSA) is 20.3 Å². The number of aryl methyl sites for hydroxylation is 1. The zero-order valence-corrected chi connectivity index (χ0v) is 14.3. The van der Waals surface area contributed by atoms with Gasteiger partial charge in [0.2, 0.25) is 0 Å². The van der Waals surface area contributed by atoms with Crippen LogP contribution in [0.15, 0.2) is 34.8 Å². The van der Waals surface area contributed by atoms with E-state index in [0.717, 1.165) is 22.0 Å². The highest BCUT2D eigenvalue weighted by Crippen LogP contribution is 2.30. The van der Waals surface area contributed by atoms with Gasteiger partial charge < -0.3 is 4.90 Å². The van der Waals surface area contributed by atoms with E-state index in [2.05, 4.69) is 15.9 Å². The van der Waals surface area contributed by atoms with Crippen molar-refractivity contribution in [2.24, 2.45) is 0 Å². The summed E-state index contributed by atoms with van der Waals surface area (Å²) < 4.78 is 14.2. The van der Waals surface area contributed by atoms with Crippen molar-refractivity contribution in [3.63, 3.8) is 0 Å². The Morgan fingerprint density at radius 2 is 2.09 bits per heavy atom. The average Bonchev–Trinajstić information content (AvgIpc) is 2.46. The van der Waals surface area contributed by atoms with Crippen LogP contribution in [0.2, 0.25) is 5.02 Å². The molecule has 3 rings (SSSR count). The average molecular weight is 383 g/mol. The Morgan fingerprint density at radius 3 is 2.82 bits per heavy atom. The summed E-state index contributed by atoms with van der Waals surface area (Å²) in [6.45, 7) is 2.84. The monoisotopic (exact) mass is 381 g/mol. The zero-order valence-electron chi connectivity index (χ0n) is 12.0. The molecule has 1 aliphatic heterocycles. The molecule has 0 aromatic heterocycles. The van der Waals surface area contributed by atoms with Crippen LogP contribution in [0.3, 0.4) is 0 Å². The molecule has 0 atom stereocenters. The van der Waals surface area contributed by atoms with Crippen LogP contribution < -0.4 is 0 Å². The molecule has 0 saturated carbocycles. The molecule has 1 heterocycles. The number of hydrogen-bond acceptors (Lipinski definition) is 1. The van der Waals surface area contributed by atoms with Gasteiger partial charge in [0.1, 0.15) is 5.82 Å². The minimum atomic E-state index is -0.227. The summed E-state index contributed by atoms with van der Waals surface area (Å²) in [5.74, 6) is -0.263. The molecule has 0 bridgehead atoms. The molecule has 2 aromatic carbocycles. The Balaban J connectivity index is 1.88. The summed E-state index contributed by atoms with van der Waals surface area (Å²) in [6, 6.07) is 8.48. The SMILES string of the molecule is Cc1cc(CN2CCc3c(Br)cc(Cl)cc3C2=O)ccc1F. The van der Waals surface area contributed by atoms with Crippen LogP contribution in [0.5, 0.6) is 0 Å². The number of halogens is 3. The molecule has 2 nitrogen and oxygen atoms in total. The lowest BCUT2D eigenvalue weighted by molar-refractivity contribution is 0.0726. The van der Waals surface area contributed by atoms with Gasteiger partial charge in [-0.3, -0.25) is 4.79 Å². The second-order valence-electron chi connectivity index (χ2n) is 5.47. The van der Waals surface area contributed by atoms with E-state index in [4.69, 9.17) is 11.6 Å². The first-order chi connectivity index (χ1) is 10.5. The lowest BCUT2D eigenvalue weighted by atomic mass is 9.98. The predicted octanol–water partition coefficient (Wildman–Crippen LogP) is 4.75. The first-order valence-corrected chi connectivity index (χ1v) is 8.15. The summed E-state index contributed by atoms with van der Waals surface area (Å²) >= 11 is 9.52. The van der Waals surface area contributed by atoms with E-state index in [1.165, 1.54) is 6.07 Å². The van der Waals surface area contributed by atoms with Crippen molar-refractivity contribution in [3.8, 4) is 0 Å². The van der Waals surface area contributed by atoms with Crippen molar-refractivity contribution in [3.05, 3.63) is 67.9 Å². The van der Waals surface area contributed by atoms with E-state index in [-0.39, 0.29) is 11.7 Å². The van der Waals surface area contributed by atoms with Gasteiger partial charge in [-0.1, -0.05) is 39.7 Å². The number of hydrogen-bond donors (Lipinski definition) is 0. The maximum atomic E-state index is 13.3. The molecule has 2 aromatic rings. The number of carbonyl (C=O) groups is 1. The standard InChI is InChI=1S/C17H14BrClFNO/c1-10-6-11(2-3-16(10)20)9-21-5-4-13-14(17(21)22)7-12(19)8-15(13)18/h2-3,6-8H,4-5,9H2,1H3. The number of rotatable bonds is 2. The summed E-state index contributed by atoms with van der Waals surface area (Å²) in [7, 11) is 0. The molecule has 22 heavy (non-hydrogen) atoms. The molecule has 114 valence electrons. The molecule has 1 aliphatic rings. The van der Waals surface area contributed by atoms with Gasteiger partial charge in [0.25, 0.3) is 5.91 Å². The minimum absolute atomic E-state index is 0.0357. The van der Waals surface area contributed by atoms with Gasteiger partial charge in [0, 0.05) is 28.1 Å². The number of fused-ring (bicyclic) bond motifs is 1. The van der Waals surface area contributed by atoms with E-state index in [1.54, 1.807) is 30.0 Å². The smallest absolute Gasteiger partial charge is 0.254 e. The van der Waals surface area contributed by atoms with E-state index < -0.39 is 0 Å². The van der Waals surface area contributed by atoms with Crippen LogP contribution in [-0.4, -0.2) is 17.4 Å². The third-order valence-corrected chi connectivity index (χ3v) is 4.83. The fourth-order valence-electron chi connectivity index (χ4n) is 2.74. The molecular formula is C17H14BrClFNO. The van der Waals surface area contributed by atoms with Gasteiger partial charge in [0.05, 0.1) is 0 Å². The van der Waals surface area contributed by atoms with Gasteiger partial charge in [-0.15, -0.1) is 0 Å². The Bertz CT molecular complexity index is 763. The van der Waals surface area contributed by atoms with Crippen LogP contribution in [-0.2, 0) is 13.0 Å². The Labute approximate surface area is 142 Å². The van der Waals surface area contributed by atoms with Gasteiger partial charge in [-0.05, 0) is 48.2 Å². The largest absolute Gasteiger partial charge is 0.334 e. The molecule has 0 unspecified atom stereocenters. The highest BCUT2D eigenvalue weighted by molar-refractivity contribution is 9.10. The minimum Gasteiger partial charge on any atom is -0.334 e.